The van der Waals surface area contributed by atoms with Crippen molar-refractivity contribution in [3.63, 3.8) is 0 Å². The van der Waals surface area contributed by atoms with Crippen molar-refractivity contribution in [2.45, 2.75) is 32.2 Å². The van der Waals surface area contributed by atoms with Gasteiger partial charge in [0.1, 0.15) is 5.82 Å². The Morgan fingerprint density at radius 1 is 1.41 bits per heavy atom. The summed E-state index contributed by atoms with van der Waals surface area (Å²) in [5.74, 6) is 1.20. The molecule has 0 aliphatic heterocycles. The third-order valence-corrected chi connectivity index (χ3v) is 4.45. The topological polar surface area (TPSA) is 12.0 Å². The molecule has 0 aromatic heterocycles. The van der Waals surface area contributed by atoms with Crippen molar-refractivity contribution in [2.75, 3.05) is 7.05 Å². The van der Waals surface area contributed by atoms with Crippen LogP contribution in [0.3, 0.4) is 0 Å². The molecule has 1 nitrogen and oxygen atoms in total. The van der Waals surface area contributed by atoms with Gasteiger partial charge in [-0.1, -0.05) is 25.5 Å². The van der Waals surface area contributed by atoms with Gasteiger partial charge in [0.2, 0.25) is 0 Å². The van der Waals surface area contributed by atoms with Crippen molar-refractivity contribution in [3.8, 4) is 0 Å². The van der Waals surface area contributed by atoms with Gasteiger partial charge in [0.05, 0.1) is 4.47 Å². The Labute approximate surface area is 111 Å². The van der Waals surface area contributed by atoms with Crippen LogP contribution in [0.5, 0.6) is 0 Å². The second-order valence-electron chi connectivity index (χ2n) is 5.09. The Kier molecular flexibility index (Phi) is 4.21. The first kappa shape index (κ1) is 13.0. The molecule has 1 saturated carbocycles. The van der Waals surface area contributed by atoms with Crippen LogP contribution in [0, 0.1) is 17.7 Å². The maximum atomic E-state index is 14.1. The standard InChI is InChI=1S/C14H19BrFN/c1-9-6-7-10(8-9)14(17-2)11-4-3-5-12(15)13(11)16/h3-5,9-10,14,17H,6-8H2,1-2H3. The average molecular weight is 300 g/mol. The van der Waals surface area contributed by atoms with E-state index in [1.165, 1.54) is 19.3 Å². The lowest BCUT2D eigenvalue weighted by atomic mass is 9.91. The summed E-state index contributed by atoms with van der Waals surface area (Å²) >= 11 is 3.26. The van der Waals surface area contributed by atoms with Crippen molar-refractivity contribution < 1.29 is 4.39 Å². The fourth-order valence-corrected chi connectivity index (χ4v) is 3.34. The van der Waals surface area contributed by atoms with Crippen molar-refractivity contribution in [1.29, 1.82) is 0 Å². The van der Waals surface area contributed by atoms with Gasteiger partial charge in [0.15, 0.2) is 0 Å². The van der Waals surface area contributed by atoms with Gasteiger partial charge < -0.3 is 5.32 Å². The van der Waals surface area contributed by atoms with Gasteiger partial charge in [0.25, 0.3) is 0 Å². The maximum Gasteiger partial charge on any atom is 0.142 e. The number of benzene rings is 1. The molecular weight excluding hydrogens is 281 g/mol. The van der Waals surface area contributed by atoms with E-state index in [1.807, 2.05) is 19.2 Å². The molecule has 1 aliphatic rings. The van der Waals surface area contributed by atoms with Crippen LogP contribution in [0.15, 0.2) is 22.7 Å². The molecule has 0 spiro atoms. The summed E-state index contributed by atoms with van der Waals surface area (Å²) < 4.78 is 14.7. The molecule has 0 amide bonds. The third-order valence-electron chi connectivity index (χ3n) is 3.83. The Morgan fingerprint density at radius 2 is 2.18 bits per heavy atom. The second kappa shape index (κ2) is 5.49. The van der Waals surface area contributed by atoms with Crippen LogP contribution in [0.4, 0.5) is 4.39 Å². The largest absolute Gasteiger partial charge is 0.313 e. The lowest BCUT2D eigenvalue weighted by Crippen LogP contribution is -2.25. The molecule has 1 aromatic rings. The van der Waals surface area contributed by atoms with E-state index in [2.05, 4.69) is 28.2 Å². The Morgan fingerprint density at radius 3 is 2.76 bits per heavy atom. The van der Waals surface area contributed by atoms with Gasteiger partial charge in [-0.15, -0.1) is 0 Å². The van der Waals surface area contributed by atoms with E-state index in [-0.39, 0.29) is 11.9 Å². The van der Waals surface area contributed by atoms with E-state index in [4.69, 9.17) is 0 Å². The molecule has 0 bridgehead atoms. The summed E-state index contributed by atoms with van der Waals surface area (Å²) in [4.78, 5) is 0. The van der Waals surface area contributed by atoms with Crippen LogP contribution in [-0.2, 0) is 0 Å². The molecule has 17 heavy (non-hydrogen) atoms. The normalized spacial score (nSPS) is 26.1. The molecule has 2 rings (SSSR count). The minimum Gasteiger partial charge on any atom is -0.313 e. The molecule has 3 atom stereocenters. The number of rotatable bonds is 3. The van der Waals surface area contributed by atoms with Crippen LogP contribution >= 0.6 is 15.9 Å². The molecule has 1 fully saturated rings. The van der Waals surface area contributed by atoms with E-state index in [0.29, 0.717) is 10.4 Å². The third kappa shape index (κ3) is 2.71. The van der Waals surface area contributed by atoms with Crippen LogP contribution < -0.4 is 5.32 Å². The first-order valence-corrected chi connectivity index (χ1v) is 7.04. The fourth-order valence-electron chi connectivity index (χ4n) is 2.96. The zero-order valence-corrected chi connectivity index (χ0v) is 11.9. The molecule has 1 N–H and O–H groups in total. The average Bonchev–Trinajstić information content (AvgIpc) is 2.72. The van der Waals surface area contributed by atoms with E-state index < -0.39 is 0 Å². The number of hydrogen-bond acceptors (Lipinski definition) is 1. The lowest BCUT2D eigenvalue weighted by Gasteiger charge is -2.24. The quantitative estimate of drug-likeness (QED) is 0.878. The highest BCUT2D eigenvalue weighted by Gasteiger charge is 2.30. The SMILES string of the molecule is CNC(c1cccc(Br)c1F)C1CCC(C)C1. The summed E-state index contributed by atoms with van der Waals surface area (Å²) in [5, 5.41) is 3.29. The Hall–Kier alpha value is -0.410. The van der Waals surface area contributed by atoms with Gasteiger partial charge in [-0.2, -0.15) is 0 Å². The van der Waals surface area contributed by atoms with E-state index in [1.54, 1.807) is 6.07 Å². The molecule has 3 unspecified atom stereocenters. The molecular formula is C14H19BrFN. The van der Waals surface area contributed by atoms with Crippen molar-refractivity contribution in [3.05, 3.63) is 34.1 Å². The van der Waals surface area contributed by atoms with Crippen LogP contribution in [0.25, 0.3) is 0 Å². The van der Waals surface area contributed by atoms with Gasteiger partial charge in [-0.05, 0) is 53.7 Å². The van der Waals surface area contributed by atoms with Crippen molar-refractivity contribution in [1.82, 2.24) is 5.32 Å². The maximum absolute atomic E-state index is 14.1. The predicted octanol–water partition coefficient (Wildman–Crippen LogP) is 4.28. The number of nitrogens with one attached hydrogen (secondary N) is 1. The minimum absolute atomic E-state index is 0.119. The molecule has 94 valence electrons. The van der Waals surface area contributed by atoms with Gasteiger partial charge in [0, 0.05) is 11.6 Å². The van der Waals surface area contributed by atoms with E-state index >= 15 is 0 Å². The summed E-state index contributed by atoms with van der Waals surface area (Å²) in [6, 6.07) is 5.69. The zero-order valence-electron chi connectivity index (χ0n) is 10.3. The molecule has 1 aromatic carbocycles. The highest BCUT2D eigenvalue weighted by molar-refractivity contribution is 9.10. The summed E-state index contributed by atoms with van der Waals surface area (Å²) in [7, 11) is 1.92. The summed E-state index contributed by atoms with van der Waals surface area (Å²) in [5.41, 5.74) is 0.793. The van der Waals surface area contributed by atoms with E-state index in [0.717, 1.165) is 11.5 Å². The number of hydrogen-bond donors (Lipinski definition) is 1. The summed E-state index contributed by atoms with van der Waals surface area (Å²) in [6.07, 6.45) is 3.65. The second-order valence-corrected chi connectivity index (χ2v) is 5.94. The van der Waals surface area contributed by atoms with E-state index in [9.17, 15) is 4.39 Å². The molecule has 0 saturated heterocycles. The fraction of sp³-hybridized carbons (Fsp3) is 0.571. The molecule has 3 heteroatoms. The molecule has 1 aliphatic carbocycles. The van der Waals surface area contributed by atoms with Crippen LogP contribution in [0.1, 0.15) is 37.8 Å². The number of halogens is 2. The first-order valence-electron chi connectivity index (χ1n) is 6.24. The minimum atomic E-state index is -0.119. The molecule has 0 radical (unpaired) electrons. The first-order chi connectivity index (χ1) is 8.13. The zero-order chi connectivity index (χ0) is 12.4. The smallest absolute Gasteiger partial charge is 0.142 e. The van der Waals surface area contributed by atoms with Gasteiger partial charge in [-0.3, -0.25) is 0 Å². The lowest BCUT2D eigenvalue weighted by molar-refractivity contribution is 0.368. The Bertz CT molecular complexity index is 394. The van der Waals surface area contributed by atoms with Gasteiger partial charge in [-0.25, -0.2) is 4.39 Å². The molecule has 0 heterocycles. The monoisotopic (exact) mass is 299 g/mol. The van der Waals surface area contributed by atoms with Gasteiger partial charge >= 0.3 is 0 Å². The predicted molar refractivity (Wildman–Crippen MR) is 72.4 cm³/mol. The highest BCUT2D eigenvalue weighted by atomic mass is 79.9. The van der Waals surface area contributed by atoms with Crippen LogP contribution in [0.2, 0.25) is 0 Å². The highest BCUT2D eigenvalue weighted by Crippen LogP contribution is 2.40. The Balaban J connectivity index is 2.26. The van der Waals surface area contributed by atoms with Crippen LogP contribution in [-0.4, -0.2) is 7.05 Å². The van der Waals surface area contributed by atoms with Crippen molar-refractivity contribution in [2.24, 2.45) is 11.8 Å². The van der Waals surface area contributed by atoms with Crippen molar-refractivity contribution >= 4 is 15.9 Å². The summed E-state index contributed by atoms with van der Waals surface area (Å²) in [6.45, 7) is 2.28.